The Morgan fingerprint density at radius 2 is 1.89 bits per heavy atom. The Labute approximate surface area is 158 Å². The van der Waals surface area contributed by atoms with Crippen LogP contribution < -0.4 is 10.1 Å². The van der Waals surface area contributed by atoms with Crippen molar-refractivity contribution in [2.24, 2.45) is 0 Å². The van der Waals surface area contributed by atoms with Crippen molar-refractivity contribution in [3.05, 3.63) is 64.8 Å². The van der Waals surface area contributed by atoms with Crippen molar-refractivity contribution in [3.63, 3.8) is 0 Å². The maximum absolute atomic E-state index is 14.4. The lowest BCUT2D eigenvalue weighted by Gasteiger charge is -2.36. The predicted molar refractivity (Wildman–Crippen MR) is 106 cm³/mol. The standard InChI is InChI=1S/C23H23F2NO/c1-12(2)8-19-21-15(16-9-14(24)10-17(25)22(16)27-19)6-7-18-20(21)13(3)11-23(4,5)26-18/h6-11,19,26H,1-5H3. The predicted octanol–water partition coefficient (Wildman–Crippen LogP) is 6.64. The van der Waals surface area contributed by atoms with E-state index >= 15 is 0 Å². The van der Waals surface area contributed by atoms with E-state index < -0.39 is 17.7 Å². The Morgan fingerprint density at radius 1 is 1.15 bits per heavy atom. The lowest BCUT2D eigenvalue weighted by atomic mass is 9.81. The van der Waals surface area contributed by atoms with Crippen molar-refractivity contribution in [2.45, 2.75) is 46.3 Å². The van der Waals surface area contributed by atoms with Gasteiger partial charge in [-0.1, -0.05) is 17.7 Å². The van der Waals surface area contributed by atoms with Crippen LogP contribution in [-0.4, -0.2) is 5.54 Å². The van der Waals surface area contributed by atoms with Crippen LogP contribution in [0.4, 0.5) is 14.5 Å². The van der Waals surface area contributed by atoms with Crippen molar-refractivity contribution in [3.8, 4) is 16.9 Å². The monoisotopic (exact) mass is 367 g/mol. The van der Waals surface area contributed by atoms with Gasteiger partial charge in [0.2, 0.25) is 0 Å². The van der Waals surface area contributed by atoms with Gasteiger partial charge in [0, 0.05) is 28.4 Å². The summed E-state index contributed by atoms with van der Waals surface area (Å²) in [4.78, 5) is 0. The van der Waals surface area contributed by atoms with E-state index in [-0.39, 0.29) is 11.3 Å². The molecule has 4 rings (SSSR count). The Hall–Kier alpha value is -2.62. The van der Waals surface area contributed by atoms with E-state index in [0.717, 1.165) is 39.6 Å². The molecule has 0 amide bonds. The Kier molecular flexibility index (Phi) is 3.91. The summed E-state index contributed by atoms with van der Waals surface area (Å²) >= 11 is 0. The van der Waals surface area contributed by atoms with E-state index in [1.807, 2.05) is 32.1 Å². The van der Waals surface area contributed by atoms with Gasteiger partial charge in [0.25, 0.3) is 0 Å². The highest BCUT2D eigenvalue weighted by Gasteiger charge is 2.34. The Bertz CT molecular complexity index is 1010. The van der Waals surface area contributed by atoms with Crippen LogP contribution in [0, 0.1) is 11.6 Å². The number of rotatable bonds is 1. The Morgan fingerprint density at radius 3 is 2.59 bits per heavy atom. The summed E-state index contributed by atoms with van der Waals surface area (Å²) in [6, 6.07) is 6.14. The number of allylic oxidation sites excluding steroid dienone is 2. The second-order valence-electron chi connectivity index (χ2n) is 8.17. The lowest BCUT2D eigenvalue weighted by Crippen LogP contribution is -2.32. The summed E-state index contributed by atoms with van der Waals surface area (Å²) in [5.41, 5.74) is 6.30. The molecule has 0 aliphatic carbocycles. The maximum Gasteiger partial charge on any atom is 0.168 e. The van der Waals surface area contributed by atoms with Crippen molar-refractivity contribution in [1.29, 1.82) is 0 Å². The van der Waals surface area contributed by atoms with Crippen molar-refractivity contribution >= 4 is 11.3 Å². The molecule has 1 unspecified atom stereocenters. The third-order valence-electron chi connectivity index (χ3n) is 4.99. The molecule has 2 aliphatic rings. The average molecular weight is 367 g/mol. The first-order valence-electron chi connectivity index (χ1n) is 9.12. The van der Waals surface area contributed by atoms with Gasteiger partial charge >= 0.3 is 0 Å². The molecule has 1 N–H and O–H groups in total. The molecule has 2 aromatic rings. The highest BCUT2D eigenvalue weighted by molar-refractivity contribution is 5.90. The fraction of sp³-hybridized carbons (Fsp3) is 0.304. The molecule has 0 saturated carbocycles. The summed E-state index contributed by atoms with van der Waals surface area (Å²) in [7, 11) is 0. The van der Waals surface area contributed by atoms with Gasteiger partial charge in [0.15, 0.2) is 11.6 Å². The molecule has 0 radical (unpaired) electrons. The van der Waals surface area contributed by atoms with Crippen LogP contribution in [0.25, 0.3) is 16.7 Å². The van der Waals surface area contributed by atoms with E-state index in [2.05, 4.69) is 32.2 Å². The van der Waals surface area contributed by atoms with Crippen LogP contribution in [0.15, 0.2) is 42.0 Å². The summed E-state index contributed by atoms with van der Waals surface area (Å²) < 4.78 is 34.4. The first-order valence-corrected chi connectivity index (χ1v) is 9.12. The highest BCUT2D eigenvalue weighted by Crippen LogP contribution is 2.50. The van der Waals surface area contributed by atoms with E-state index in [1.54, 1.807) is 0 Å². The molecule has 0 fully saturated rings. The topological polar surface area (TPSA) is 21.3 Å². The van der Waals surface area contributed by atoms with Crippen molar-refractivity contribution < 1.29 is 13.5 Å². The zero-order valence-electron chi connectivity index (χ0n) is 16.2. The molecule has 4 heteroatoms. The molecule has 2 heterocycles. The van der Waals surface area contributed by atoms with Crippen molar-refractivity contribution in [1.82, 2.24) is 0 Å². The molecule has 2 aromatic carbocycles. The molecule has 0 saturated heterocycles. The van der Waals surface area contributed by atoms with Gasteiger partial charge in [-0.3, -0.25) is 0 Å². The zero-order valence-corrected chi connectivity index (χ0v) is 16.2. The fourth-order valence-electron chi connectivity index (χ4n) is 4.16. The van der Waals surface area contributed by atoms with Gasteiger partial charge in [0.1, 0.15) is 11.9 Å². The molecule has 0 aromatic heterocycles. The molecule has 2 nitrogen and oxygen atoms in total. The minimum absolute atomic E-state index is 0.108. The molecule has 0 spiro atoms. The van der Waals surface area contributed by atoms with E-state index in [0.29, 0.717) is 5.56 Å². The van der Waals surface area contributed by atoms with Crippen LogP contribution in [0.1, 0.15) is 51.8 Å². The number of hydrogen-bond acceptors (Lipinski definition) is 2. The van der Waals surface area contributed by atoms with Crippen LogP contribution in [0.2, 0.25) is 0 Å². The lowest BCUT2D eigenvalue weighted by molar-refractivity contribution is 0.237. The van der Waals surface area contributed by atoms with E-state index in [1.165, 1.54) is 6.07 Å². The SMILES string of the molecule is CC(C)=CC1Oc2c(F)cc(F)cc2-c2ccc3c(c21)C(C)=CC(C)(C)N3. The molecule has 140 valence electrons. The van der Waals surface area contributed by atoms with Crippen LogP contribution in [-0.2, 0) is 0 Å². The Balaban J connectivity index is 2.05. The molecule has 1 atom stereocenters. The number of halogens is 2. The third-order valence-corrected chi connectivity index (χ3v) is 4.99. The number of anilines is 1. The summed E-state index contributed by atoms with van der Waals surface area (Å²) in [6.07, 6.45) is 3.73. The van der Waals surface area contributed by atoms with Gasteiger partial charge in [-0.25, -0.2) is 8.78 Å². The second kappa shape index (κ2) is 5.95. The molecule has 0 bridgehead atoms. The quantitative estimate of drug-likeness (QED) is 0.571. The number of hydrogen-bond donors (Lipinski definition) is 1. The first-order chi connectivity index (χ1) is 12.7. The zero-order chi connectivity index (χ0) is 19.5. The maximum atomic E-state index is 14.4. The minimum atomic E-state index is -0.674. The number of ether oxygens (including phenoxy) is 1. The van der Waals surface area contributed by atoms with Gasteiger partial charge in [-0.2, -0.15) is 0 Å². The molecular weight excluding hydrogens is 344 g/mol. The van der Waals surface area contributed by atoms with Crippen LogP contribution in [0.3, 0.4) is 0 Å². The molecule has 27 heavy (non-hydrogen) atoms. The first kappa shape index (κ1) is 17.8. The van der Waals surface area contributed by atoms with Gasteiger partial charge in [-0.15, -0.1) is 0 Å². The summed E-state index contributed by atoms with van der Waals surface area (Å²) in [6.45, 7) is 10.3. The summed E-state index contributed by atoms with van der Waals surface area (Å²) in [5.74, 6) is -1.17. The van der Waals surface area contributed by atoms with Gasteiger partial charge < -0.3 is 10.1 Å². The molecular formula is C23H23F2NO. The van der Waals surface area contributed by atoms with E-state index in [9.17, 15) is 8.78 Å². The van der Waals surface area contributed by atoms with Crippen LogP contribution >= 0.6 is 0 Å². The summed E-state index contributed by atoms with van der Waals surface area (Å²) in [5, 5.41) is 3.54. The number of fused-ring (bicyclic) bond motifs is 5. The number of benzene rings is 2. The smallest absolute Gasteiger partial charge is 0.168 e. The van der Waals surface area contributed by atoms with Gasteiger partial charge in [0.05, 0.1) is 5.54 Å². The molecule has 2 aliphatic heterocycles. The van der Waals surface area contributed by atoms with Crippen LogP contribution in [0.5, 0.6) is 5.75 Å². The highest BCUT2D eigenvalue weighted by atomic mass is 19.1. The second-order valence-corrected chi connectivity index (χ2v) is 8.17. The van der Waals surface area contributed by atoms with Gasteiger partial charge in [-0.05, 0) is 64.0 Å². The van der Waals surface area contributed by atoms with Crippen molar-refractivity contribution in [2.75, 3.05) is 5.32 Å². The fourth-order valence-corrected chi connectivity index (χ4v) is 4.16. The minimum Gasteiger partial charge on any atom is -0.478 e. The average Bonchev–Trinajstić information content (AvgIpc) is 2.53. The normalized spacial score (nSPS) is 18.9. The number of nitrogens with one attached hydrogen (secondary N) is 1. The van der Waals surface area contributed by atoms with E-state index in [4.69, 9.17) is 4.74 Å². The largest absolute Gasteiger partial charge is 0.478 e. The third kappa shape index (κ3) is 2.93.